The summed E-state index contributed by atoms with van der Waals surface area (Å²) in [4.78, 5) is 31.3. The average Bonchev–Trinajstić information content (AvgIpc) is 3.17. The molecular formula is C24H30FN4O13P. The molecule has 43 heavy (non-hydrogen) atoms. The molecule has 2 aromatic rings. The molecule has 1 saturated heterocycles. The van der Waals surface area contributed by atoms with Crippen molar-refractivity contribution in [3.05, 3.63) is 18.6 Å². The zero-order chi connectivity index (χ0) is 31.8. The molecule has 0 spiro atoms. The maximum atomic E-state index is 16.3. The Morgan fingerprint density at radius 2 is 1.72 bits per heavy atom. The van der Waals surface area contributed by atoms with Crippen molar-refractivity contribution in [1.82, 2.24) is 14.5 Å². The first-order chi connectivity index (χ1) is 20.1. The number of phosphoric ester groups is 1. The Bertz CT molecular complexity index is 1460. The maximum absolute atomic E-state index is 16.3. The van der Waals surface area contributed by atoms with Crippen molar-refractivity contribution in [2.24, 2.45) is 0 Å². The number of hydrogen-bond acceptors (Lipinski definition) is 16. The van der Waals surface area contributed by atoms with E-state index in [4.69, 9.17) is 33.5 Å². The number of halogens is 1. The van der Waals surface area contributed by atoms with E-state index < -0.39 is 75.3 Å². The molecule has 5 atom stereocenters. The van der Waals surface area contributed by atoms with E-state index in [0.717, 1.165) is 6.33 Å². The summed E-state index contributed by atoms with van der Waals surface area (Å²) in [6, 6.07) is 1.48. The molecule has 2 fully saturated rings. The molecule has 4 N–H and O–H groups in total. The smallest absolute Gasteiger partial charge is 0.432 e. The molecule has 2 aliphatic rings. The van der Waals surface area contributed by atoms with Gasteiger partial charge in [-0.25, -0.2) is 37.6 Å². The van der Waals surface area contributed by atoms with E-state index in [-0.39, 0.29) is 11.5 Å². The van der Waals surface area contributed by atoms with Gasteiger partial charge >= 0.3 is 20.1 Å². The molecule has 1 aliphatic carbocycles. The Morgan fingerprint density at radius 3 is 2.26 bits per heavy atom. The lowest BCUT2D eigenvalue weighted by molar-refractivity contribution is -0.168. The molecule has 17 nitrogen and oxygen atoms in total. The average molecular weight is 632 g/mol. The number of hydrogen-bond donors (Lipinski definition) is 3. The minimum absolute atomic E-state index is 0.0844. The quantitative estimate of drug-likeness (QED) is 0.140. The van der Waals surface area contributed by atoms with E-state index in [1.54, 1.807) is 0 Å². The van der Waals surface area contributed by atoms with Gasteiger partial charge in [0.15, 0.2) is 12.3 Å². The molecule has 0 aromatic carbocycles. The Hall–Kier alpha value is -3.56. The topological polar surface area (TPSA) is 222 Å². The summed E-state index contributed by atoms with van der Waals surface area (Å²) in [5.74, 6) is 1.57. The van der Waals surface area contributed by atoms with Gasteiger partial charge in [0, 0.05) is 6.20 Å². The Balaban J connectivity index is 1.57. The van der Waals surface area contributed by atoms with Crippen LogP contribution in [0.25, 0.3) is 11.0 Å². The third-order valence-corrected chi connectivity index (χ3v) is 7.47. The Morgan fingerprint density at radius 1 is 1.14 bits per heavy atom. The first-order valence-electron chi connectivity index (χ1n) is 12.7. The predicted octanol–water partition coefficient (Wildman–Crippen LogP) is 2.27. The fourth-order valence-corrected chi connectivity index (χ4v) is 5.41. The largest absolute Gasteiger partial charge is 0.510 e. The Labute approximate surface area is 243 Å². The molecule has 1 aliphatic heterocycles. The number of phosphoric acid groups is 1. The summed E-state index contributed by atoms with van der Waals surface area (Å²) in [6.45, 7) is 5.23. The summed E-state index contributed by atoms with van der Waals surface area (Å²) in [6.07, 6.45) is -5.06. The van der Waals surface area contributed by atoms with Crippen molar-refractivity contribution < 1.29 is 66.0 Å². The van der Waals surface area contributed by atoms with Crippen molar-refractivity contribution in [1.29, 1.82) is 0 Å². The highest BCUT2D eigenvalue weighted by Gasteiger charge is 2.97. The number of nitrogen functional groups attached to an aromatic ring is 1. The molecule has 4 rings (SSSR count). The minimum atomic E-state index is -5.08. The van der Waals surface area contributed by atoms with E-state index in [9.17, 15) is 24.4 Å². The van der Waals surface area contributed by atoms with Crippen molar-refractivity contribution in [2.75, 3.05) is 19.3 Å². The second-order valence-corrected chi connectivity index (χ2v) is 11.4. The van der Waals surface area contributed by atoms with Gasteiger partial charge in [0.1, 0.15) is 17.8 Å². The number of alkyl halides is 1. The molecule has 3 heterocycles. The first kappa shape index (κ1) is 32.4. The van der Waals surface area contributed by atoms with Crippen LogP contribution < -0.4 is 5.73 Å². The van der Waals surface area contributed by atoms with Crippen LogP contribution in [0.4, 0.5) is 19.8 Å². The van der Waals surface area contributed by atoms with Gasteiger partial charge in [-0.05, 0) is 40.7 Å². The van der Waals surface area contributed by atoms with E-state index >= 15 is 4.39 Å². The standard InChI is InChI=1S/C24H30FN4O13P/c1-6-8-22(32)19(29-9-7-15-16(26)27-10-28-17(15)29)41-24(25)18(23(22,24)33)42-43(34,37-11-35-20(30)39-13(2)3)38-12-36-21(31)40-14(4)5/h7,9-10,13-14,18-19,32-33H,11-12H2,1-5H3,(H2,26,27,28)/t18?,19-,22+,23+,24-/m1/s1. The van der Waals surface area contributed by atoms with Crippen LogP contribution in [0.2, 0.25) is 0 Å². The SMILES string of the molecule is CC#C[C@]1(O)[C@H](n2ccc3c(N)ncnc32)O[C@]2(F)C(OP(=O)(OCOC(=O)OC(C)C)OCOC(=O)OC(C)C)[C@@]21O. The van der Waals surface area contributed by atoms with E-state index in [2.05, 4.69) is 31.3 Å². The second kappa shape index (κ2) is 11.8. The number of carbonyl (C=O) groups is 2. The summed E-state index contributed by atoms with van der Waals surface area (Å²) in [7, 11) is -5.08. The number of aromatic nitrogens is 3. The lowest BCUT2D eigenvalue weighted by Gasteiger charge is -2.32. The van der Waals surface area contributed by atoms with Crippen LogP contribution in [-0.2, 0) is 41.8 Å². The van der Waals surface area contributed by atoms with Crippen molar-refractivity contribution >= 4 is 37.0 Å². The molecule has 1 unspecified atom stereocenters. The predicted molar refractivity (Wildman–Crippen MR) is 139 cm³/mol. The molecule has 19 heteroatoms. The van der Waals surface area contributed by atoms with Gasteiger partial charge in [-0.3, -0.25) is 4.52 Å². The second-order valence-electron chi connectivity index (χ2n) is 9.79. The van der Waals surface area contributed by atoms with Crippen molar-refractivity contribution in [2.45, 2.75) is 76.2 Å². The highest BCUT2D eigenvalue weighted by molar-refractivity contribution is 7.48. The molecule has 236 valence electrons. The van der Waals surface area contributed by atoms with Gasteiger partial charge in [0.2, 0.25) is 24.8 Å². The summed E-state index contributed by atoms with van der Waals surface area (Å²) in [5.41, 5.74) is 0.251. The molecule has 0 radical (unpaired) electrons. The van der Waals surface area contributed by atoms with Crippen LogP contribution in [0.15, 0.2) is 18.6 Å². The fourth-order valence-electron chi connectivity index (χ4n) is 4.30. The number of fused-ring (bicyclic) bond motifs is 2. The van der Waals surface area contributed by atoms with Crippen LogP contribution in [0, 0.1) is 11.8 Å². The van der Waals surface area contributed by atoms with Gasteiger partial charge in [-0.15, -0.1) is 5.92 Å². The van der Waals surface area contributed by atoms with Crippen LogP contribution >= 0.6 is 7.82 Å². The number of carbonyl (C=O) groups excluding carboxylic acids is 2. The van der Waals surface area contributed by atoms with Gasteiger partial charge in [-0.1, -0.05) is 5.92 Å². The fraction of sp³-hybridized carbons (Fsp3) is 0.583. The molecular weight excluding hydrogens is 602 g/mol. The third-order valence-electron chi connectivity index (χ3n) is 6.16. The third kappa shape index (κ3) is 5.85. The van der Waals surface area contributed by atoms with Gasteiger partial charge in [0.05, 0.1) is 17.6 Å². The van der Waals surface area contributed by atoms with Crippen LogP contribution in [0.1, 0.15) is 40.8 Å². The summed E-state index contributed by atoms with van der Waals surface area (Å²) in [5, 5.41) is 23.4. The number of nitrogens with zero attached hydrogens (tertiary/aromatic N) is 3. The monoisotopic (exact) mass is 632 g/mol. The zero-order valence-electron chi connectivity index (χ0n) is 23.6. The molecule has 1 saturated carbocycles. The van der Waals surface area contributed by atoms with E-state index in [1.165, 1.54) is 51.4 Å². The summed E-state index contributed by atoms with van der Waals surface area (Å²) < 4.78 is 70.1. The highest BCUT2D eigenvalue weighted by atomic mass is 31.2. The minimum Gasteiger partial charge on any atom is -0.432 e. The number of ether oxygens (including phenoxy) is 5. The number of nitrogens with two attached hydrogens (primary N) is 1. The lowest BCUT2D eigenvalue weighted by atomic mass is 9.93. The van der Waals surface area contributed by atoms with Crippen LogP contribution in [0.3, 0.4) is 0 Å². The van der Waals surface area contributed by atoms with Gasteiger partial charge in [-0.2, -0.15) is 0 Å². The highest BCUT2D eigenvalue weighted by Crippen LogP contribution is 2.72. The maximum Gasteiger partial charge on any atom is 0.510 e. The van der Waals surface area contributed by atoms with Gasteiger partial charge < -0.3 is 44.2 Å². The summed E-state index contributed by atoms with van der Waals surface area (Å²) >= 11 is 0. The van der Waals surface area contributed by atoms with Gasteiger partial charge in [0.25, 0.3) is 5.85 Å². The Kier molecular flexibility index (Phi) is 8.91. The molecule has 0 amide bonds. The number of anilines is 1. The van der Waals surface area contributed by atoms with Crippen molar-refractivity contribution in [3.63, 3.8) is 0 Å². The van der Waals surface area contributed by atoms with Crippen LogP contribution in [0.5, 0.6) is 0 Å². The van der Waals surface area contributed by atoms with E-state index in [1.807, 2.05) is 0 Å². The molecule has 2 aromatic heterocycles. The lowest BCUT2D eigenvalue weighted by Crippen LogP contribution is -2.50. The zero-order valence-corrected chi connectivity index (χ0v) is 24.5. The van der Waals surface area contributed by atoms with Crippen molar-refractivity contribution in [3.8, 4) is 11.8 Å². The van der Waals surface area contributed by atoms with Crippen LogP contribution in [-0.4, -0.2) is 86.0 Å². The normalized spacial score (nSPS) is 27.9. The first-order valence-corrected chi connectivity index (χ1v) is 14.1. The molecule has 0 bridgehead atoms. The number of aliphatic hydroxyl groups is 2. The number of rotatable bonds is 11. The van der Waals surface area contributed by atoms with E-state index in [0.29, 0.717) is 5.39 Å².